The van der Waals surface area contributed by atoms with Crippen LogP contribution in [0.5, 0.6) is 5.75 Å². The highest BCUT2D eigenvalue weighted by atomic mass is 32.2. The molecule has 0 spiro atoms. The lowest BCUT2D eigenvalue weighted by Crippen LogP contribution is -2.58. The molecule has 22 heavy (non-hydrogen) atoms. The van der Waals surface area contributed by atoms with Gasteiger partial charge in [-0.1, -0.05) is 32.9 Å². The van der Waals surface area contributed by atoms with Crippen LogP contribution in [0.25, 0.3) is 0 Å². The molecule has 1 aromatic carbocycles. The van der Waals surface area contributed by atoms with Gasteiger partial charge in [0, 0.05) is 5.54 Å². The molecule has 0 aromatic heterocycles. The second-order valence-corrected chi connectivity index (χ2v) is 9.67. The fourth-order valence-corrected chi connectivity index (χ4v) is 4.78. The van der Waals surface area contributed by atoms with Crippen molar-refractivity contribution in [2.45, 2.75) is 64.1 Å². The minimum atomic E-state index is -0.287. The molecule has 1 heterocycles. The molecular formula is C18H27NO2S. The van der Waals surface area contributed by atoms with Crippen molar-refractivity contribution in [3.8, 4) is 5.75 Å². The maximum absolute atomic E-state index is 13.1. The SMILES string of the molecule is CC(C)(C)N1C(=O)C(c2ccc(O)cc2)SC1(C)C(C)(C)C. The van der Waals surface area contributed by atoms with Crippen molar-refractivity contribution in [2.75, 3.05) is 0 Å². The number of nitrogens with zero attached hydrogens (tertiary/aromatic N) is 1. The van der Waals surface area contributed by atoms with E-state index in [2.05, 4.69) is 48.5 Å². The lowest BCUT2D eigenvalue weighted by atomic mass is 9.83. The molecule has 0 saturated carbocycles. The molecule has 1 amide bonds. The Morgan fingerprint density at radius 2 is 1.59 bits per heavy atom. The van der Waals surface area contributed by atoms with Crippen LogP contribution in [0, 0.1) is 5.41 Å². The van der Waals surface area contributed by atoms with E-state index in [4.69, 9.17) is 0 Å². The second-order valence-electron chi connectivity index (χ2n) is 8.17. The number of phenolic OH excluding ortho intramolecular Hbond substituents is 1. The molecule has 3 nitrogen and oxygen atoms in total. The summed E-state index contributed by atoms with van der Waals surface area (Å²) in [7, 11) is 0. The molecule has 1 saturated heterocycles. The average molecular weight is 321 g/mol. The van der Waals surface area contributed by atoms with Gasteiger partial charge in [0.15, 0.2) is 0 Å². The predicted octanol–water partition coefficient (Wildman–Crippen LogP) is 4.57. The summed E-state index contributed by atoms with van der Waals surface area (Å²) in [5.74, 6) is 0.381. The minimum Gasteiger partial charge on any atom is -0.508 e. The third kappa shape index (κ3) is 2.73. The molecule has 122 valence electrons. The van der Waals surface area contributed by atoms with Crippen molar-refractivity contribution >= 4 is 17.7 Å². The van der Waals surface area contributed by atoms with Gasteiger partial charge < -0.3 is 10.0 Å². The van der Waals surface area contributed by atoms with Crippen LogP contribution in [0.3, 0.4) is 0 Å². The zero-order valence-electron chi connectivity index (χ0n) is 14.6. The summed E-state index contributed by atoms with van der Waals surface area (Å²) in [6.45, 7) is 15.0. The molecule has 0 aliphatic carbocycles. The second kappa shape index (κ2) is 5.19. The van der Waals surface area contributed by atoms with Crippen LogP contribution in [-0.2, 0) is 4.79 Å². The molecule has 2 unspecified atom stereocenters. The third-order valence-electron chi connectivity index (χ3n) is 4.48. The van der Waals surface area contributed by atoms with Gasteiger partial charge >= 0.3 is 0 Å². The van der Waals surface area contributed by atoms with Crippen molar-refractivity contribution in [1.82, 2.24) is 4.90 Å². The number of rotatable bonds is 1. The Bertz CT molecular complexity index is 568. The monoisotopic (exact) mass is 321 g/mol. The van der Waals surface area contributed by atoms with Crippen LogP contribution in [-0.4, -0.2) is 26.3 Å². The normalized spacial score (nSPS) is 26.6. The lowest BCUT2D eigenvalue weighted by Gasteiger charge is -2.50. The van der Waals surface area contributed by atoms with Crippen molar-refractivity contribution in [3.63, 3.8) is 0 Å². The Morgan fingerprint density at radius 3 is 1.95 bits per heavy atom. The Kier molecular flexibility index (Phi) is 4.06. The predicted molar refractivity (Wildman–Crippen MR) is 92.9 cm³/mol. The summed E-state index contributed by atoms with van der Waals surface area (Å²) >= 11 is 1.72. The Balaban J connectivity index is 2.50. The number of carbonyl (C=O) groups is 1. The maximum Gasteiger partial charge on any atom is 0.241 e. The van der Waals surface area contributed by atoms with E-state index in [0.29, 0.717) is 0 Å². The molecule has 1 fully saturated rings. The first kappa shape index (κ1) is 17.2. The first-order valence-corrected chi connectivity index (χ1v) is 8.57. The first-order valence-electron chi connectivity index (χ1n) is 7.69. The third-order valence-corrected chi connectivity index (χ3v) is 6.44. The van der Waals surface area contributed by atoms with Gasteiger partial charge in [-0.25, -0.2) is 0 Å². The molecule has 1 N–H and O–H groups in total. The number of amides is 1. The van der Waals surface area contributed by atoms with Gasteiger partial charge in [-0.3, -0.25) is 4.79 Å². The Hall–Kier alpha value is -1.16. The number of thioether (sulfide) groups is 1. The summed E-state index contributed by atoms with van der Waals surface area (Å²) in [4.78, 5) is 14.9. The number of carbonyl (C=O) groups excluding carboxylic acids is 1. The molecule has 0 bridgehead atoms. The molecule has 0 radical (unpaired) electrons. The summed E-state index contributed by atoms with van der Waals surface area (Å²) in [6, 6.07) is 7.00. The van der Waals surface area contributed by atoms with E-state index in [-0.39, 0.29) is 32.7 Å². The van der Waals surface area contributed by atoms with Gasteiger partial charge in [0.05, 0.1) is 4.87 Å². The van der Waals surface area contributed by atoms with E-state index in [9.17, 15) is 9.90 Å². The Morgan fingerprint density at radius 1 is 1.09 bits per heavy atom. The number of hydrogen-bond donors (Lipinski definition) is 1. The maximum atomic E-state index is 13.1. The van der Waals surface area contributed by atoms with Gasteiger partial charge in [-0.05, 0) is 50.8 Å². The zero-order chi connectivity index (χ0) is 16.9. The van der Waals surface area contributed by atoms with Crippen molar-refractivity contribution in [1.29, 1.82) is 0 Å². The number of phenols is 1. The first-order chi connectivity index (χ1) is 9.88. The van der Waals surface area contributed by atoms with E-state index in [0.717, 1.165) is 5.56 Å². The van der Waals surface area contributed by atoms with Gasteiger partial charge in [0.1, 0.15) is 11.0 Å². The number of aromatic hydroxyl groups is 1. The van der Waals surface area contributed by atoms with Crippen LogP contribution in [0.2, 0.25) is 0 Å². The summed E-state index contributed by atoms with van der Waals surface area (Å²) in [5.41, 5.74) is 0.666. The molecule has 1 aliphatic heterocycles. The van der Waals surface area contributed by atoms with E-state index < -0.39 is 0 Å². The van der Waals surface area contributed by atoms with Gasteiger partial charge in [-0.15, -0.1) is 11.8 Å². The highest BCUT2D eigenvalue weighted by molar-refractivity contribution is 8.02. The van der Waals surface area contributed by atoms with Crippen molar-refractivity contribution < 1.29 is 9.90 Å². The highest BCUT2D eigenvalue weighted by Crippen LogP contribution is 2.58. The molecule has 1 aliphatic rings. The van der Waals surface area contributed by atoms with E-state index >= 15 is 0 Å². The standard InChI is InChI=1S/C18H27NO2S/c1-16(2,3)18(7)19(17(4,5)6)15(21)14(22-18)12-8-10-13(20)11-9-12/h8-11,14,20H,1-7H3. The highest BCUT2D eigenvalue weighted by Gasteiger charge is 2.58. The van der Waals surface area contributed by atoms with Crippen LogP contribution in [0.15, 0.2) is 24.3 Å². The molecule has 1 aromatic rings. The number of benzene rings is 1. The molecule has 2 atom stereocenters. The van der Waals surface area contributed by atoms with E-state index in [1.807, 2.05) is 17.0 Å². The summed E-state index contributed by atoms with van der Waals surface area (Å²) in [5, 5.41) is 9.26. The van der Waals surface area contributed by atoms with Gasteiger partial charge in [-0.2, -0.15) is 0 Å². The van der Waals surface area contributed by atoms with E-state index in [1.165, 1.54) is 0 Å². The van der Waals surface area contributed by atoms with Crippen LogP contribution >= 0.6 is 11.8 Å². The lowest BCUT2D eigenvalue weighted by molar-refractivity contribution is -0.140. The van der Waals surface area contributed by atoms with Crippen LogP contribution in [0.1, 0.15) is 59.3 Å². The van der Waals surface area contributed by atoms with Crippen LogP contribution in [0.4, 0.5) is 0 Å². The zero-order valence-corrected chi connectivity index (χ0v) is 15.4. The minimum absolute atomic E-state index is 0.0493. The smallest absolute Gasteiger partial charge is 0.241 e. The summed E-state index contributed by atoms with van der Waals surface area (Å²) < 4.78 is 0. The van der Waals surface area contributed by atoms with Crippen LogP contribution < -0.4 is 0 Å². The molecule has 4 heteroatoms. The van der Waals surface area contributed by atoms with Gasteiger partial charge in [0.25, 0.3) is 0 Å². The average Bonchev–Trinajstić information content (AvgIpc) is 2.62. The molecule has 2 rings (SSSR count). The van der Waals surface area contributed by atoms with Crippen molar-refractivity contribution in [3.05, 3.63) is 29.8 Å². The molecular weight excluding hydrogens is 294 g/mol. The quantitative estimate of drug-likeness (QED) is 0.823. The van der Waals surface area contributed by atoms with Crippen molar-refractivity contribution in [2.24, 2.45) is 5.41 Å². The summed E-state index contributed by atoms with van der Waals surface area (Å²) in [6.07, 6.45) is 0. The largest absolute Gasteiger partial charge is 0.508 e. The topological polar surface area (TPSA) is 40.5 Å². The number of hydrogen-bond acceptors (Lipinski definition) is 3. The van der Waals surface area contributed by atoms with E-state index in [1.54, 1.807) is 23.9 Å². The van der Waals surface area contributed by atoms with Gasteiger partial charge in [0.2, 0.25) is 5.91 Å². The fourth-order valence-electron chi connectivity index (χ4n) is 3.00. The fraction of sp³-hybridized carbons (Fsp3) is 0.611. The Labute approximate surface area is 138 Å².